The molecule has 0 N–H and O–H groups in total. The summed E-state index contributed by atoms with van der Waals surface area (Å²) in [6.45, 7) is 5.07. The Morgan fingerprint density at radius 3 is 2.84 bits per heavy atom. The lowest BCUT2D eigenvalue weighted by Gasteiger charge is -2.40. The van der Waals surface area contributed by atoms with Gasteiger partial charge >= 0.3 is 0 Å². The molecule has 0 spiro atoms. The van der Waals surface area contributed by atoms with Gasteiger partial charge in [0, 0.05) is 18.3 Å². The Morgan fingerprint density at radius 1 is 1.26 bits per heavy atom. The highest BCUT2D eigenvalue weighted by molar-refractivity contribution is 5.62. The number of anilines is 1. The molecule has 0 aromatic carbocycles. The van der Waals surface area contributed by atoms with Crippen LogP contribution in [0.1, 0.15) is 49.1 Å². The molecule has 19 heavy (non-hydrogen) atoms. The fraction of sp³-hybridized carbons (Fsp3) is 0.625. The number of nitriles is 1. The first-order valence-corrected chi connectivity index (χ1v) is 7.35. The summed E-state index contributed by atoms with van der Waals surface area (Å²) in [5.41, 5.74) is 3.80. The van der Waals surface area contributed by atoms with Gasteiger partial charge in [-0.05, 0) is 51.5 Å². The molecule has 2 heterocycles. The Bertz CT molecular complexity index is 530. The van der Waals surface area contributed by atoms with Gasteiger partial charge in [0.05, 0.1) is 16.9 Å². The zero-order valence-electron chi connectivity index (χ0n) is 11.8. The molecule has 100 valence electrons. The summed E-state index contributed by atoms with van der Waals surface area (Å²) in [7, 11) is 0. The summed E-state index contributed by atoms with van der Waals surface area (Å²) in [6.07, 6.45) is 6.62. The molecule has 2 unspecified atom stereocenters. The largest absolute Gasteiger partial charge is 0.367 e. The first-order valence-electron chi connectivity index (χ1n) is 7.35. The second-order valence-corrected chi connectivity index (χ2v) is 5.95. The van der Waals surface area contributed by atoms with Crippen molar-refractivity contribution in [2.45, 2.75) is 52.0 Å². The molecule has 1 saturated carbocycles. The van der Waals surface area contributed by atoms with Crippen molar-refractivity contribution in [2.24, 2.45) is 5.92 Å². The van der Waals surface area contributed by atoms with Crippen molar-refractivity contribution in [1.29, 1.82) is 5.26 Å². The number of aryl methyl sites for hydroxylation is 2. The Kier molecular flexibility index (Phi) is 3.18. The molecule has 1 aliphatic heterocycles. The van der Waals surface area contributed by atoms with E-state index < -0.39 is 0 Å². The Morgan fingerprint density at radius 2 is 2.05 bits per heavy atom. The van der Waals surface area contributed by atoms with Gasteiger partial charge in [0.15, 0.2) is 0 Å². The minimum Gasteiger partial charge on any atom is -0.367 e. The lowest BCUT2D eigenvalue weighted by atomic mass is 9.91. The third-order valence-electron chi connectivity index (χ3n) is 4.72. The van der Waals surface area contributed by atoms with Crippen LogP contribution in [-0.4, -0.2) is 17.6 Å². The zero-order chi connectivity index (χ0) is 13.4. The molecule has 3 rings (SSSR count). The van der Waals surface area contributed by atoms with Crippen molar-refractivity contribution in [3.05, 3.63) is 23.0 Å². The van der Waals surface area contributed by atoms with Gasteiger partial charge in [-0.1, -0.05) is 6.42 Å². The molecule has 3 nitrogen and oxygen atoms in total. The summed E-state index contributed by atoms with van der Waals surface area (Å²) in [5.74, 6) is 0.842. The molecular weight excluding hydrogens is 234 g/mol. The summed E-state index contributed by atoms with van der Waals surface area (Å²) < 4.78 is 0. The molecule has 0 bridgehead atoms. The van der Waals surface area contributed by atoms with Gasteiger partial charge in [-0.25, -0.2) is 0 Å². The fourth-order valence-corrected chi connectivity index (χ4v) is 3.93. The molecule has 2 atom stereocenters. The van der Waals surface area contributed by atoms with Crippen LogP contribution in [0.15, 0.2) is 6.07 Å². The normalized spacial score (nSPS) is 26.1. The molecule has 0 radical (unpaired) electrons. The quantitative estimate of drug-likeness (QED) is 0.772. The molecule has 1 aromatic rings. The van der Waals surface area contributed by atoms with Crippen LogP contribution < -0.4 is 4.90 Å². The van der Waals surface area contributed by atoms with E-state index in [2.05, 4.69) is 22.0 Å². The maximum Gasteiger partial charge on any atom is 0.103 e. The number of hydrogen-bond donors (Lipinski definition) is 0. The van der Waals surface area contributed by atoms with E-state index in [-0.39, 0.29) is 0 Å². The summed E-state index contributed by atoms with van der Waals surface area (Å²) in [6, 6.07) is 5.12. The van der Waals surface area contributed by atoms with Crippen LogP contribution >= 0.6 is 0 Å². The maximum atomic E-state index is 9.44. The van der Waals surface area contributed by atoms with E-state index >= 15 is 0 Å². The number of rotatable bonds is 1. The number of piperidine rings is 1. The van der Waals surface area contributed by atoms with E-state index in [4.69, 9.17) is 0 Å². The fourth-order valence-electron chi connectivity index (χ4n) is 3.93. The van der Waals surface area contributed by atoms with Gasteiger partial charge in [-0.3, -0.25) is 4.98 Å². The van der Waals surface area contributed by atoms with E-state index in [1.807, 2.05) is 13.8 Å². The van der Waals surface area contributed by atoms with Gasteiger partial charge in [-0.15, -0.1) is 0 Å². The lowest BCUT2D eigenvalue weighted by Crippen LogP contribution is -2.43. The molecular formula is C16H21N3. The van der Waals surface area contributed by atoms with Crippen molar-refractivity contribution < 1.29 is 0 Å². The highest BCUT2D eigenvalue weighted by atomic mass is 15.2. The van der Waals surface area contributed by atoms with E-state index in [0.717, 1.165) is 35.1 Å². The van der Waals surface area contributed by atoms with Crippen molar-refractivity contribution in [1.82, 2.24) is 4.98 Å². The molecule has 2 fully saturated rings. The van der Waals surface area contributed by atoms with Crippen molar-refractivity contribution in [3.63, 3.8) is 0 Å². The van der Waals surface area contributed by atoms with Crippen LogP contribution in [0.3, 0.4) is 0 Å². The smallest absolute Gasteiger partial charge is 0.103 e. The highest BCUT2D eigenvalue weighted by Crippen LogP contribution is 2.40. The number of fused-ring (bicyclic) bond motifs is 1. The number of aromatic nitrogens is 1. The van der Waals surface area contributed by atoms with Crippen molar-refractivity contribution >= 4 is 5.69 Å². The second kappa shape index (κ2) is 4.85. The van der Waals surface area contributed by atoms with E-state index in [0.29, 0.717) is 6.04 Å². The van der Waals surface area contributed by atoms with Crippen LogP contribution in [0.5, 0.6) is 0 Å². The van der Waals surface area contributed by atoms with Gasteiger partial charge in [0.25, 0.3) is 0 Å². The summed E-state index contributed by atoms with van der Waals surface area (Å²) >= 11 is 0. The van der Waals surface area contributed by atoms with E-state index in [9.17, 15) is 5.26 Å². The maximum absolute atomic E-state index is 9.44. The molecule has 3 heteroatoms. The van der Waals surface area contributed by atoms with Crippen LogP contribution in [0.4, 0.5) is 5.69 Å². The zero-order valence-corrected chi connectivity index (χ0v) is 11.8. The van der Waals surface area contributed by atoms with Gasteiger partial charge in [-0.2, -0.15) is 5.26 Å². The third-order valence-corrected chi connectivity index (χ3v) is 4.72. The molecule has 1 aliphatic carbocycles. The van der Waals surface area contributed by atoms with Crippen LogP contribution in [0.2, 0.25) is 0 Å². The summed E-state index contributed by atoms with van der Waals surface area (Å²) in [4.78, 5) is 6.94. The molecule has 2 aliphatic rings. The molecule has 1 aromatic heterocycles. The Hall–Kier alpha value is -1.56. The predicted octanol–water partition coefficient (Wildman–Crippen LogP) is 3.34. The lowest BCUT2D eigenvalue weighted by molar-refractivity contribution is 0.362. The summed E-state index contributed by atoms with van der Waals surface area (Å²) in [5, 5.41) is 9.44. The number of hydrogen-bond acceptors (Lipinski definition) is 3. The van der Waals surface area contributed by atoms with Crippen molar-refractivity contribution in [2.75, 3.05) is 11.4 Å². The predicted molar refractivity (Wildman–Crippen MR) is 76.1 cm³/mol. The molecule has 1 saturated heterocycles. The first-order chi connectivity index (χ1) is 9.20. The Balaban J connectivity index is 2.03. The van der Waals surface area contributed by atoms with Crippen LogP contribution in [-0.2, 0) is 0 Å². The standard InChI is InChI=1S/C16H21N3/c1-11-9-16(14(10-17)12(2)18-11)19-8-4-6-13-5-3-7-15(13)19/h9,13,15H,3-8H2,1-2H3. The monoisotopic (exact) mass is 255 g/mol. The average molecular weight is 255 g/mol. The van der Waals surface area contributed by atoms with Crippen LogP contribution in [0.25, 0.3) is 0 Å². The topological polar surface area (TPSA) is 39.9 Å². The second-order valence-electron chi connectivity index (χ2n) is 5.95. The SMILES string of the molecule is Cc1cc(N2CCCC3CCCC32)c(C#N)c(C)n1. The van der Waals surface area contributed by atoms with Gasteiger partial charge in [0.1, 0.15) is 6.07 Å². The minimum absolute atomic E-state index is 0.655. The first kappa shape index (κ1) is 12.5. The van der Waals surface area contributed by atoms with Crippen LogP contribution in [0, 0.1) is 31.1 Å². The van der Waals surface area contributed by atoms with Gasteiger partial charge in [0.2, 0.25) is 0 Å². The van der Waals surface area contributed by atoms with Gasteiger partial charge < -0.3 is 4.90 Å². The third kappa shape index (κ3) is 2.10. The highest BCUT2D eigenvalue weighted by Gasteiger charge is 2.36. The molecule has 0 amide bonds. The number of nitrogens with zero attached hydrogens (tertiary/aromatic N) is 3. The average Bonchev–Trinajstić information content (AvgIpc) is 2.85. The number of pyridine rings is 1. The van der Waals surface area contributed by atoms with E-state index in [1.54, 1.807) is 0 Å². The van der Waals surface area contributed by atoms with Crippen molar-refractivity contribution in [3.8, 4) is 6.07 Å². The Labute approximate surface area is 115 Å². The minimum atomic E-state index is 0.655. The van der Waals surface area contributed by atoms with E-state index in [1.165, 1.54) is 32.1 Å².